The van der Waals surface area contributed by atoms with Gasteiger partial charge in [-0.1, -0.05) is 28.1 Å². The summed E-state index contributed by atoms with van der Waals surface area (Å²) < 4.78 is 25.8. The number of hydrogen-bond acceptors (Lipinski definition) is 5. The summed E-state index contributed by atoms with van der Waals surface area (Å²) in [7, 11) is 0. The first-order valence-electron chi connectivity index (χ1n) is 11.2. The van der Waals surface area contributed by atoms with Gasteiger partial charge in [-0.25, -0.2) is 4.39 Å². The van der Waals surface area contributed by atoms with E-state index in [-0.39, 0.29) is 30.6 Å². The van der Waals surface area contributed by atoms with Gasteiger partial charge in [-0.05, 0) is 61.0 Å². The lowest BCUT2D eigenvalue weighted by atomic mass is 10.1. The first kappa shape index (κ1) is 24.5. The molecule has 0 unspecified atom stereocenters. The van der Waals surface area contributed by atoms with Crippen LogP contribution in [0.3, 0.4) is 0 Å². The van der Waals surface area contributed by atoms with Crippen molar-refractivity contribution in [1.29, 1.82) is 0 Å². The van der Waals surface area contributed by atoms with Crippen LogP contribution in [-0.4, -0.2) is 25.0 Å². The molecule has 1 saturated heterocycles. The van der Waals surface area contributed by atoms with Gasteiger partial charge in [-0.2, -0.15) is 0 Å². The Labute approximate surface area is 211 Å². The van der Waals surface area contributed by atoms with E-state index in [1.807, 2.05) is 31.2 Å². The van der Waals surface area contributed by atoms with Crippen molar-refractivity contribution < 1.29 is 23.5 Å². The van der Waals surface area contributed by atoms with E-state index in [4.69, 9.17) is 9.47 Å². The highest BCUT2D eigenvalue weighted by Gasteiger charge is 2.35. The van der Waals surface area contributed by atoms with Gasteiger partial charge in [0.05, 0.1) is 18.2 Å². The van der Waals surface area contributed by atoms with Crippen LogP contribution in [0.2, 0.25) is 0 Å². The molecule has 4 rings (SSSR count). The van der Waals surface area contributed by atoms with E-state index in [0.29, 0.717) is 36.1 Å². The molecule has 2 N–H and O–H groups in total. The predicted octanol–water partition coefficient (Wildman–Crippen LogP) is 5.06. The van der Waals surface area contributed by atoms with E-state index in [2.05, 4.69) is 26.8 Å². The van der Waals surface area contributed by atoms with Crippen LogP contribution >= 0.6 is 15.9 Å². The fourth-order valence-electron chi connectivity index (χ4n) is 3.70. The second-order valence-corrected chi connectivity index (χ2v) is 8.92. The second-order valence-electron chi connectivity index (χ2n) is 8.01. The van der Waals surface area contributed by atoms with E-state index in [1.54, 1.807) is 18.2 Å². The highest BCUT2D eigenvalue weighted by Crippen LogP contribution is 2.31. The van der Waals surface area contributed by atoms with E-state index < -0.39 is 5.92 Å². The average Bonchev–Trinajstić information content (AvgIpc) is 3.25. The third-order valence-electron chi connectivity index (χ3n) is 5.52. The van der Waals surface area contributed by atoms with Gasteiger partial charge in [0.1, 0.15) is 12.4 Å². The summed E-state index contributed by atoms with van der Waals surface area (Å²) in [6.45, 7) is 2.94. The minimum atomic E-state index is -0.528. The molecule has 1 heterocycles. The standard InChI is InChI=1S/C26H25BrFN3O4/c1-2-34-24-14-21(9-12-23(24)35-16-17-3-5-19(27)6-4-17)29-30-26(33)18-13-25(32)31(15-18)22-10-7-20(28)8-11-22/h3-12,14,18,29H,2,13,15-16H2,1H3,(H,30,33)/t18-/m1/s1. The number of amides is 2. The van der Waals surface area contributed by atoms with E-state index >= 15 is 0 Å². The van der Waals surface area contributed by atoms with Gasteiger partial charge in [0, 0.05) is 29.2 Å². The fourth-order valence-corrected chi connectivity index (χ4v) is 3.97. The van der Waals surface area contributed by atoms with Crippen LogP contribution in [-0.2, 0) is 16.2 Å². The van der Waals surface area contributed by atoms with Crippen molar-refractivity contribution in [2.45, 2.75) is 20.0 Å². The quantitative estimate of drug-likeness (QED) is 0.370. The molecule has 7 nitrogen and oxygen atoms in total. The van der Waals surface area contributed by atoms with Crippen molar-refractivity contribution in [1.82, 2.24) is 5.43 Å². The zero-order valence-corrected chi connectivity index (χ0v) is 20.7. The summed E-state index contributed by atoms with van der Waals surface area (Å²) in [5, 5.41) is 0. The Morgan fingerprint density at radius 1 is 1.06 bits per heavy atom. The van der Waals surface area contributed by atoms with Gasteiger partial charge in [0.2, 0.25) is 11.8 Å². The monoisotopic (exact) mass is 541 g/mol. The summed E-state index contributed by atoms with van der Waals surface area (Å²) in [4.78, 5) is 26.6. The molecule has 3 aromatic rings. The zero-order valence-electron chi connectivity index (χ0n) is 19.1. The molecule has 1 aliphatic rings. The molecule has 182 valence electrons. The number of anilines is 2. The average molecular weight is 542 g/mol. The van der Waals surface area contributed by atoms with Crippen LogP contribution in [0.5, 0.6) is 11.5 Å². The van der Waals surface area contributed by atoms with Crippen LogP contribution in [0, 0.1) is 11.7 Å². The van der Waals surface area contributed by atoms with Crippen molar-refractivity contribution in [3.8, 4) is 11.5 Å². The lowest BCUT2D eigenvalue weighted by Crippen LogP contribution is -2.36. The molecule has 0 aliphatic carbocycles. The van der Waals surface area contributed by atoms with Crippen molar-refractivity contribution in [3.05, 3.63) is 82.6 Å². The smallest absolute Gasteiger partial charge is 0.243 e. The Morgan fingerprint density at radius 3 is 2.51 bits per heavy atom. The number of nitrogens with zero attached hydrogens (tertiary/aromatic N) is 1. The van der Waals surface area contributed by atoms with Gasteiger partial charge < -0.3 is 14.4 Å². The number of carbonyl (C=O) groups excluding carboxylic acids is 2. The third kappa shape index (κ3) is 6.30. The molecule has 2 amide bonds. The van der Waals surface area contributed by atoms with Gasteiger partial charge in [0.15, 0.2) is 11.5 Å². The number of rotatable bonds is 9. The summed E-state index contributed by atoms with van der Waals surface area (Å²) in [6.07, 6.45) is 0.0813. The Hall–Kier alpha value is -3.59. The SMILES string of the molecule is CCOc1cc(NNC(=O)[C@@H]2CC(=O)N(c3ccc(F)cc3)C2)ccc1OCc1ccc(Br)cc1. The maximum absolute atomic E-state index is 13.2. The minimum absolute atomic E-state index is 0.0813. The molecular weight excluding hydrogens is 517 g/mol. The molecule has 0 bridgehead atoms. The first-order chi connectivity index (χ1) is 16.9. The molecule has 35 heavy (non-hydrogen) atoms. The van der Waals surface area contributed by atoms with Gasteiger partial charge in [-0.3, -0.25) is 20.4 Å². The van der Waals surface area contributed by atoms with Crippen molar-refractivity contribution in [2.24, 2.45) is 5.92 Å². The number of benzene rings is 3. The molecule has 1 atom stereocenters. The summed E-state index contributed by atoms with van der Waals surface area (Å²) in [5.41, 5.74) is 7.75. The molecule has 3 aromatic carbocycles. The van der Waals surface area contributed by atoms with Crippen LogP contribution in [0.15, 0.2) is 71.2 Å². The Bertz CT molecular complexity index is 1190. The number of halogens is 2. The third-order valence-corrected chi connectivity index (χ3v) is 6.04. The Morgan fingerprint density at radius 2 is 1.80 bits per heavy atom. The molecule has 9 heteroatoms. The largest absolute Gasteiger partial charge is 0.490 e. The summed E-state index contributed by atoms with van der Waals surface area (Å²) in [5.74, 6) is -0.264. The van der Waals surface area contributed by atoms with Gasteiger partial charge in [0.25, 0.3) is 0 Å². The zero-order chi connectivity index (χ0) is 24.8. The number of hydrazine groups is 1. The second kappa shape index (κ2) is 11.2. The maximum atomic E-state index is 13.2. The van der Waals surface area contributed by atoms with E-state index in [1.165, 1.54) is 29.2 Å². The fraction of sp³-hybridized carbons (Fsp3) is 0.231. The van der Waals surface area contributed by atoms with Crippen LogP contribution < -0.4 is 25.2 Å². The number of ether oxygens (including phenoxy) is 2. The molecule has 0 radical (unpaired) electrons. The Balaban J connectivity index is 1.35. The Kier molecular flexibility index (Phi) is 7.87. The van der Waals surface area contributed by atoms with Gasteiger partial charge >= 0.3 is 0 Å². The normalized spacial score (nSPS) is 15.1. The van der Waals surface area contributed by atoms with Crippen molar-refractivity contribution >= 4 is 39.1 Å². The van der Waals surface area contributed by atoms with Gasteiger partial charge in [-0.15, -0.1) is 0 Å². The van der Waals surface area contributed by atoms with Crippen LogP contribution in [0.25, 0.3) is 0 Å². The first-order valence-corrected chi connectivity index (χ1v) is 12.0. The highest BCUT2D eigenvalue weighted by molar-refractivity contribution is 9.10. The molecular formula is C26H25BrFN3O4. The lowest BCUT2D eigenvalue weighted by Gasteiger charge is -2.17. The lowest BCUT2D eigenvalue weighted by molar-refractivity contribution is -0.125. The topological polar surface area (TPSA) is 79.9 Å². The predicted molar refractivity (Wildman–Crippen MR) is 135 cm³/mol. The van der Waals surface area contributed by atoms with Crippen LogP contribution in [0.4, 0.5) is 15.8 Å². The summed E-state index contributed by atoms with van der Waals surface area (Å²) in [6, 6.07) is 18.8. The maximum Gasteiger partial charge on any atom is 0.243 e. The van der Waals surface area contributed by atoms with Crippen LogP contribution in [0.1, 0.15) is 18.9 Å². The number of hydrogen-bond donors (Lipinski definition) is 2. The van der Waals surface area contributed by atoms with Crippen molar-refractivity contribution in [2.75, 3.05) is 23.5 Å². The molecule has 0 spiro atoms. The van der Waals surface area contributed by atoms with Crippen molar-refractivity contribution in [3.63, 3.8) is 0 Å². The summed E-state index contributed by atoms with van der Waals surface area (Å²) >= 11 is 3.42. The van der Waals surface area contributed by atoms with E-state index in [0.717, 1.165) is 10.0 Å². The molecule has 0 saturated carbocycles. The number of nitrogens with one attached hydrogen (secondary N) is 2. The minimum Gasteiger partial charge on any atom is -0.490 e. The molecule has 1 aliphatic heterocycles. The van der Waals surface area contributed by atoms with E-state index in [9.17, 15) is 14.0 Å². The number of carbonyl (C=O) groups is 2. The molecule has 0 aromatic heterocycles. The molecule has 1 fully saturated rings. The highest BCUT2D eigenvalue weighted by atomic mass is 79.9.